The number of nitro groups is 1. The summed E-state index contributed by atoms with van der Waals surface area (Å²) in [7, 11) is 1.17. The van der Waals surface area contributed by atoms with Crippen LogP contribution in [0.1, 0.15) is 50.3 Å². The number of carbonyl (C=O) groups excluding carboxylic acids is 1. The zero-order valence-corrected chi connectivity index (χ0v) is 25.3. The van der Waals surface area contributed by atoms with Gasteiger partial charge in [0.05, 0.1) is 40.8 Å². The molecule has 0 bridgehead atoms. The second kappa shape index (κ2) is 13.0. The van der Waals surface area contributed by atoms with E-state index >= 15 is 0 Å². The molecule has 1 heterocycles. The molecule has 0 saturated carbocycles. The van der Waals surface area contributed by atoms with Crippen molar-refractivity contribution in [1.29, 1.82) is 0 Å². The first-order valence-electron chi connectivity index (χ1n) is 13.5. The summed E-state index contributed by atoms with van der Waals surface area (Å²) in [5.41, 5.74) is 2.23. The summed E-state index contributed by atoms with van der Waals surface area (Å²) in [4.78, 5) is 41.6. The molecule has 3 aromatic carbocycles. The predicted molar refractivity (Wildman–Crippen MR) is 165 cm³/mol. The van der Waals surface area contributed by atoms with Gasteiger partial charge in [0.1, 0.15) is 5.75 Å². The minimum atomic E-state index is -1.14. The highest BCUT2D eigenvalue weighted by Gasteiger charge is 2.25. The number of methoxy groups -OCH3 is 1. The van der Waals surface area contributed by atoms with Gasteiger partial charge in [-0.05, 0) is 68.1 Å². The average molecular weight is 607 g/mol. The average Bonchev–Trinajstić information content (AvgIpc) is 2.97. The molecule has 0 fully saturated rings. The number of ether oxygens (including phenoxy) is 3. The number of hydrogen-bond donors (Lipinski definition) is 0. The van der Waals surface area contributed by atoms with Crippen molar-refractivity contribution in [2.24, 2.45) is 5.10 Å². The Bertz CT molecular complexity index is 1800. The second-order valence-electron chi connectivity index (χ2n) is 10.00. The summed E-state index contributed by atoms with van der Waals surface area (Å²) < 4.78 is 17.1. The van der Waals surface area contributed by atoms with E-state index in [-0.39, 0.29) is 28.1 Å². The highest BCUT2D eigenvalue weighted by atomic mass is 35.5. The Labute approximate surface area is 252 Å². The molecular formula is C31H31ClN4O7. The van der Waals surface area contributed by atoms with E-state index in [0.29, 0.717) is 23.1 Å². The summed E-state index contributed by atoms with van der Waals surface area (Å²) in [6.07, 6.45) is 0.139. The van der Waals surface area contributed by atoms with Gasteiger partial charge in [0, 0.05) is 17.2 Å². The van der Waals surface area contributed by atoms with Gasteiger partial charge in [0.15, 0.2) is 11.9 Å². The molecule has 43 heavy (non-hydrogen) atoms. The van der Waals surface area contributed by atoms with Crippen molar-refractivity contribution >= 4 is 40.4 Å². The summed E-state index contributed by atoms with van der Waals surface area (Å²) in [6.45, 7) is 9.80. The van der Waals surface area contributed by atoms with Crippen molar-refractivity contribution in [1.82, 2.24) is 9.66 Å². The van der Waals surface area contributed by atoms with Crippen LogP contribution in [0.3, 0.4) is 0 Å². The Morgan fingerprint density at radius 2 is 1.91 bits per heavy atom. The van der Waals surface area contributed by atoms with Crippen LogP contribution in [0.5, 0.6) is 11.5 Å². The number of benzene rings is 3. The molecule has 1 atom stereocenters. The van der Waals surface area contributed by atoms with Gasteiger partial charge < -0.3 is 14.2 Å². The lowest BCUT2D eigenvalue weighted by Gasteiger charge is -2.18. The van der Waals surface area contributed by atoms with Gasteiger partial charge in [-0.25, -0.2) is 9.78 Å². The van der Waals surface area contributed by atoms with E-state index in [0.717, 1.165) is 16.9 Å². The van der Waals surface area contributed by atoms with Gasteiger partial charge in [0.2, 0.25) is 5.75 Å². The number of aromatic nitrogens is 2. The topological polar surface area (TPSA) is 135 Å². The lowest BCUT2D eigenvalue weighted by molar-refractivity contribution is -0.386. The van der Waals surface area contributed by atoms with E-state index in [1.54, 1.807) is 24.3 Å². The summed E-state index contributed by atoms with van der Waals surface area (Å²) in [5.74, 6) is 0.142. The van der Waals surface area contributed by atoms with Crippen molar-refractivity contribution in [3.05, 3.63) is 90.7 Å². The molecule has 11 nitrogen and oxygen atoms in total. The first kappa shape index (κ1) is 31.2. The molecule has 0 aliphatic heterocycles. The Kier molecular flexibility index (Phi) is 9.45. The highest BCUT2D eigenvalue weighted by Crippen LogP contribution is 2.37. The number of hydrogen-bond acceptors (Lipinski definition) is 9. The van der Waals surface area contributed by atoms with Crippen molar-refractivity contribution < 1.29 is 23.9 Å². The van der Waals surface area contributed by atoms with E-state index in [1.165, 1.54) is 37.1 Å². The molecule has 0 amide bonds. The van der Waals surface area contributed by atoms with E-state index in [9.17, 15) is 19.7 Å². The first-order valence-corrected chi connectivity index (χ1v) is 13.9. The maximum absolute atomic E-state index is 13.7. The Hall–Kier alpha value is -4.77. The summed E-state index contributed by atoms with van der Waals surface area (Å²) >= 11 is 6.36. The maximum Gasteiger partial charge on any atom is 0.346 e. The molecule has 0 N–H and O–H groups in total. The van der Waals surface area contributed by atoms with Crippen LogP contribution < -0.4 is 15.0 Å². The number of fused-ring (bicyclic) bond motifs is 1. The van der Waals surface area contributed by atoms with Gasteiger partial charge in [-0.15, -0.1) is 0 Å². The lowest BCUT2D eigenvalue weighted by atomic mass is 9.96. The molecule has 0 aliphatic carbocycles. The summed E-state index contributed by atoms with van der Waals surface area (Å²) in [6, 6.07) is 13.4. The van der Waals surface area contributed by atoms with E-state index in [4.69, 9.17) is 26.1 Å². The predicted octanol–water partition coefficient (Wildman–Crippen LogP) is 6.28. The van der Waals surface area contributed by atoms with Gasteiger partial charge in [-0.1, -0.05) is 37.6 Å². The van der Waals surface area contributed by atoms with Crippen molar-refractivity contribution in [3.8, 4) is 22.9 Å². The van der Waals surface area contributed by atoms with Crippen molar-refractivity contribution in [2.45, 2.75) is 46.6 Å². The third kappa shape index (κ3) is 6.51. The number of nitro benzene ring substituents is 1. The summed E-state index contributed by atoms with van der Waals surface area (Å²) in [5, 5.41) is 16.6. The molecule has 0 radical (unpaired) electrons. The zero-order chi connectivity index (χ0) is 31.4. The van der Waals surface area contributed by atoms with Crippen LogP contribution in [0, 0.1) is 17.0 Å². The van der Waals surface area contributed by atoms with E-state index < -0.39 is 28.2 Å². The molecule has 224 valence electrons. The van der Waals surface area contributed by atoms with Gasteiger partial charge in [-0.3, -0.25) is 14.9 Å². The van der Waals surface area contributed by atoms with Crippen LogP contribution in [-0.2, 0) is 9.53 Å². The third-order valence-corrected chi connectivity index (χ3v) is 6.95. The van der Waals surface area contributed by atoms with E-state index in [1.807, 2.05) is 39.8 Å². The van der Waals surface area contributed by atoms with Gasteiger partial charge in [0.25, 0.3) is 5.56 Å². The normalized spacial score (nSPS) is 12.1. The minimum Gasteiger partial charge on any atom is -0.494 e. The number of rotatable bonds is 10. The minimum absolute atomic E-state index is 0.121. The van der Waals surface area contributed by atoms with Crippen LogP contribution in [0.2, 0.25) is 5.02 Å². The number of esters is 1. The monoisotopic (exact) mass is 606 g/mol. The molecule has 0 aliphatic rings. The number of nitrogens with zero attached hydrogens (tertiary/aromatic N) is 4. The molecular weight excluding hydrogens is 576 g/mol. The van der Waals surface area contributed by atoms with Crippen molar-refractivity contribution in [3.63, 3.8) is 0 Å². The standard InChI is InChI=1S/C31H31ClN4O7/c1-7-42-27-12-18(4)23(15-22(27)17(2)3)29-34-25-11-9-8-10-21(25)30(37)35(29)33-16-20-13-24(32)28(26(14-20)36(39)40)43-19(5)31(38)41-6/h8-17,19H,7H2,1-6H3/t19-/m1/s1. The molecule has 0 saturated heterocycles. The van der Waals surface area contributed by atoms with Gasteiger partial charge >= 0.3 is 11.7 Å². The first-order chi connectivity index (χ1) is 20.5. The van der Waals surface area contributed by atoms with Gasteiger partial charge in [-0.2, -0.15) is 9.78 Å². The lowest BCUT2D eigenvalue weighted by Crippen LogP contribution is -2.25. The van der Waals surface area contributed by atoms with Crippen molar-refractivity contribution in [2.75, 3.05) is 13.7 Å². The highest BCUT2D eigenvalue weighted by molar-refractivity contribution is 6.32. The third-order valence-electron chi connectivity index (χ3n) is 6.67. The molecule has 0 spiro atoms. The number of para-hydroxylation sites is 1. The molecule has 4 aromatic rings. The zero-order valence-electron chi connectivity index (χ0n) is 24.6. The molecule has 12 heteroatoms. The Morgan fingerprint density at radius 1 is 1.19 bits per heavy atom. The maximum atomic E-state index is 13.7. The van der Waals surface area contributed by atoms with Crippen LogP contribution in [-0.4, -0.2) is 46.6 Å². The fourth-order valence-electron chi connectivity index (χ4n) is 4.52. The van der Waals surface area contributed by atoms with Crippen LogP contribution >= 0.6 is 11.6 Å². The Balaban J connectivity index is 1.90. The quantitative estimate of drug-likeness (QED) is 0.0891. The SMILES string of the molecule is CCOc1cc(C)c(-c2nc3ccccc3c(=O)n2N=Cc2cc(Cl)c(O[C@H](C)C(=O)OC)c([N+](=O)[O-])c2)cc1C(C)C. The molecule has 4 rings (SSSR count). The molecule has 1 aromatic heterocycles. The number of aryl methyl sites for hydroxylation is 1. The second-order valence-corrected chi connectivity index (χ2v) is 10.4. The smallest absolute Gasteiger partial charge is 0.346 e. The fraction of sp³-hybridized carbons (Fsp3) is 0.290. The van der Waals surface area contributed by atoms with E-state index in [2.05, 4.69) is 9.84 Å². The van der Waals surface area contributed by atoms with Crippen LogP contribution in [0.25, 0.3) is 22.3 Å². The number of carbonyl (C=O) groups is 1. The molecule has 0 unspecified atom stereocenters. The number of halogens is 1. The van der Waals surface area contributed by atoms with Crippen LogP contribution in [0.15, 0.2) is 58.4 Å². The Morgan fingerprint density at radius 3 is 2.56 bits per heavy atom. The fourth-order valence-corrected chi connectivity index (χ4v) is 4.78. The van der Waals surface area contributed by atoms with Crippen LogP contribution in [0.4, 0.5) is 5.69 Å². The largest absolute Gasteiger partial charge is 0.494 e.